The van der Waals surface area contributed by atoms with Gasteiger partial charge in [-0.2, -0.15) is 5.10 Å². The number of nitrogens with one attached hydrogen (secondary N) is 1. The Morgan fingerprint density at radius 2 is 2.19 bits per heavy atom. The fourth-order valence-corrected chi connectivity index (χ4v) is 3.64. The fourth-order valence-electron chi connectivity index (χ4n) is 3.64. The minimum atomic E-state index is 0.319. The Kier molecular flexibility index (Phi) is 4.10. The van der Waals surface area contributed by atoms with Crippen molar-refractivity contribution in [1.29, 1.82) is 0 Å². The van der Waals surface area contributed by atoms with Gasteiger partial charge in [0.2, 0.25) is 0 Å². The minimum absolute atomic E-state index is 0.319. The molecule has 118 valence electrons. The second kappa shape index (κ2) is 5.73. The van der Waals surface area contributed by atoms with Crippen LogP contribution < -0.4 is 5.32 Å². The Morgan fingerprint density at radius 3 is 2.76 bits per heavy atom. The van der Waals surface area contributed by atoms with E-state index in [4.69, 9.17) is 0 Å². The molecule has 1 aliphatic carbocycles. The molecule has 4 nitrogen and oxygen atoms in total. The highest BCUT2D eigenvalue weighted by Crippen LogP contribution is 2.44. The maximum atomic E-state index is 4.44. The SMILES string of the molecule is CCn1cc(CN2CC(C(C)C)NCC2(C)C2CC2)cn1. The third kappa shape index (κ3) is 3.02. The molecule has 2 aliphatic rings. The lowest BCUT2D eigenvalue weighted by molar-refractivity contribution is 0.0186. The van der Waals surface area contributed by atoms with Gasteiger partial charge in [0.05, 0.1) is 6.20 Å². The van der Waals surface area contributed by atoms with E-state index < -0.39 is 0 Å². The van der Waals surface area contributed by atoms with Gasteiger partial charge in [0.25, 0.3) is 0 Å². The molecule has 1 aliphatic heterocycles. The summed E-state index contributed by atoms with van der Waals surface area (Å²) in [5.74, 6) is 1.56. The molecule has 0 bridgehead atoms. The summed E-state index contributed by atoms with van der Waals surface area (Å²) in [4.78, 5) is 2.73. The molecule has 2 heterocycles. The zero-order valence-corrected chi connectivity index (χ0v) is 14.0. The first-order valence-electron chi connectivity index (χ1n) is 8.52. The topological polar surface area (TPSA) is 33.1 Å². The van der Waals surface area contributed by atoms with E-state index in [1.165, 1.54) is 18.4 Å². The lowest BCUT2D eigenvalue weighted by Gasteiger charge is -2.49. The van der Waals surface area contributed by atoms with E-state index in [9.17, 15) is 0 Å². The van der Waals surface area contributed by atoms with E-state index in [-0.39, 0.29) is 0 Å². The summed E-state index contributed by atoms with van der Waals surface area (Å²) in [6, 6.07) is 0.609. The van der Waals surface area contributed by atoms with Gasteiger partial charge in [0, 0.05) is 49.5 Å². The van der Waals surface area contributed by atoms with Gasteiger partial charge in [0.1, 0.15) is 0 Å². The first kappa shape index (κ1) is 15.0. The molecule has 2 atom stereocenters. The molecule has 1 aromatic heterocycles. The van der Waals surface area contributed by atoms with Crippen LogP contribution in [0.15, 0.2) is 12.4 Å². The van der Waals surface area contributed by atoms with Gasteiger partial charge in [-0.05, 0) is 38.5 Å². The van der Waals surface area contributed by atoms with Gasteiger partial charge in [-0.3, -0.25) is 9.58 Å². The Balaban J connectivity index is 1.76. The van der Waals surface area contributed by atoms with E-state index in [2.05, 4.69) is 49.2 Å². The second-order valence-corrected chi connectivity index (χ2v) is 7.45. The van der Waals surface area contributed by atoms with Crippen molar-refractivity contribution in [3.05, 3.63) is 18.0 Å². The molecule has 2 unspecified atom stereocenters. The van der Waals surface area contributed by atoms with Crippen LogP contribution in [0.4, 0.5) is 0 Å². The van der Waals surface area contributed by atoms with Crippen molar-refractivity contribution in [2.75, 3.05) is 13.1 Å². The summed E-state index contributed by atoms with van der Waals surface area (Å²) in [5, 5.41) is 8.24. The van der Waals surface area contributed by atoms with Gasteiger partial charge in [0.15, 0.2) is 0 Å². The van der Waals surface area contributed by atoms with E-state index in [1.54, 1.807) is 0 Å². The Bertz CT molecular complexity index is 477. The van der Waals surface area contributed by atoms with Gasteiger partial charge < -0.3 is 5.32 Å². The summed E-state index contributed by atoms with van der Waals surface area (Å²) in [5.41, 5.74) is 1.67. The van der Waals surface area contributed by atoms with Crippen LogP contribution in [0.25, 0.3) is 0 Å². The number of aromatic nitrogens is 2. The van der Waals surface area contributed by atoms with Crippen molar-refractivity contribution < 1.29 is 0 Å². The van der Waals surface area contributed by atoms with Crippen LogP contribution in [0.1, 0.15) is 46.1 Å². The Hall–Kier alpha value is -0.870. The molecule has 4 heteroatoms. The highest BCUT2D eigenvalue weighted by atomic mass is 15.3. The van der Waals surface area contributed by atoms with Crippen molar-refractivity contribution in [1.82, 2.24) is 20.0 Å². The highest BCUT2D eigenvalue weighted by molar-refractivity contribution is 5.10. The number of rotatable bonds is 5. The van der Waals surface area contributed by atoms with Crippen molar-refractivity contribution in [3.8, 4) is 0 Å². The van der Waals surface area contributed by atoms with Crippen LogP contribution in [0, 0.1) is 11.8 Å². The Labute approximate surface area is 128 Å². The fraction of sp³-hybridized carbons (Fsp3) is 0.824. The molecule has 1 saturated carbocycles. The smallest absolute Gasteiger partial charge is 0.0534 e. The molecular formula is C17H30N4. The van der Waals surface area contributed by atoms with Crippen molar-refractivity contribution in [2.45, 2.75) is 65.2 Å². The molecule has 0 radical (unpaired) electrons. The second-order valence-electron chi connectivity index (χ2n) is 7.45. The number of piperazine rings is 1. The molecule has 2 fully saturated rings. The number of hydrogen-bond donors (Lipinski definition) is 1. The van der Waals surface area contributed by atoms with Gasteiger partial charge in [-0.1, -0.05) is 13.8 Å². The van der Waals surface area contributed by atoms with E-state index >= 15 is 0 Å². The molecule has 1 N–H and O–H groups in total. The summed E-state index contributed by atoms with van der Waals surface area (Å²) < 4.78 is 2.03. The summed E-state index contributed by atoms with van der Waals surface area (Å²) in [7, 11) is 0. The predicted octanol–water partition coefficient (Wildman–Crippen LogP) is 2.50. The third-order valence-corrected chi connectivity index (χ3v) is 5.51. The molecule has 0 aromatic carbocycles. The maximum Gasteiger partial charge on any atom is 0.0534 e. The molecule has 21 heavy (non-hydrogen) atoms. The predicted molar refractivity (Wildman–Crippen MR) is 86.1 cm³/mol. The highest BCUT2D eigenvalue weighted by Gasteiger charge is 2.48. The summed E-state index contributed by atoms with van der Waals surface area (Å²) >= 11 is 0. The lowest BCUT2D eigenvalue weighted by Crippen LogP contribution is -2.65. The van der Waals surface area contributed by atoms with Gasteiger partial charge in [-0.25, -0.2) is 0 Å². The van der Waals surface area contributed by atoms with Crippen LogP contribution in [0.5, 0.6) is 0 Å². The molecule has 1 aromatic rings. The maximum absolute atomic E-state index is 4.44. The van der Waals surface area contributed by atoms with Crippen molar-refractivity contribution in [3.63, 3.8) is 0 Å². The standard InChI is InChI=1S/C17H30N4/c1-5-21-10-14(8-19-21)9-20-11-16(13(2)3)18-12-17(20,4)15-6-7-15/h8,10,13,15-16,18H,5-7,9,11-12H2,1-4H3. The molecule has 3 rings (SSSR count). The summed E-state index contributed by atoms with van der Waals surface area (Å²) in [6.45, 7) is 13.5. The molecule has 0 spiro atoms. The lowest BCUT2D eigenvalue weighted by atomic mass is 9.87. The third-order valence-electron chi connectivity index (χ3n) is 5.51. The first-order chi connectivity index (χ1) is 10.0. The minimum Gasteiger partial charge on any atom is -0.311 e. The quantitative estimate of drug-likeness (QED) is 0.904. The van der Waals surface area contributed by atoms with Crippen LogP contribution in [-0.2, 0) is 13.1 Å². The van der Waals surface area contributed by atoms with Gasteiger partial charge in [-0.15, -0.1) is 0 Å². The number of hydrogen-bond acceptors (Lipinski definition) is 3. The van der Waals surface area contributed by atoms with Gasteiger partial charge >= 0.3 is 0 Å². The van der Waals surface area contributed by atoms with E-state index in [1.807, 2.05) is 10.9 Å². The number of nitrogens with zero attached hydrogens (tertiary/aromatic N) is 3. The summed E-state index contributed by atoms with van der Waals surface area (Å²) in [6.07, 6.45) is 7.05. The molecular weight excluding hydrogens is 260 g/mol. The van der Waals surface area contributed by atoms with Crippen molar-refractivity contribution >= 4 is 0 Å². The van der Waals surface area contributed by atoms with Crippen LogP contribution in [0.3, 0.4) is 0 Å². The molecule has 0 amide bonds. The zero-order chi connectivity index (χ0) is 15.0. The van der Waals surface area contributed by atoms with Crippen LogP contribution in [0.2, 0.25) is 0 Å². The zero-order valence-electron chi connectivity index (χ0n) is 14.0. The normalized spacial score (nSPS) is 31.0. The number of aryl methyl sites for hydroxylation is 1. The van der Waals surface area contributed by atoms with Crippen LogP contribution >= 0.6 is 0 Å². The van der Waals surface area contributed by atoms with Crippen LogP contribution in [-0.4, -0.2) is 39.4 Å². The molecule has 1 saturated heterocycles. The van der Waals surface area contributed by atoms with E-state index in [0.717, 1.165) is 32.1 Å². The average Bonchev–Trinajstić information content (AvgIpc) is 3.22. The first-order valence-corrected chi connectivity index (χ1v) is 8.52. The largest absolute Gasteiger partial charge is 0.311 e. The average molecular weight is 290 g/mol. The van der Waals surface area contributed by atoms with E-state index in [0.29, 0.717) is 17.5 Å². The van der Waals surface area contributed by atoms with Crippen molar-refractivity contribution in [2.24, 2.45) is 11.8 Å². The monoisotopic (exact) mass is 290 g/mol. The Morgan fingerprint density at radius 1 is 1.43 bits per heavy atom.